The predicted molar refractivity (Wildman–Crippen MR) is 93.6 cm³/mol. The van der Waals surface area contributed by atoms with Crippen LogP contribution in [-0.4, -0.2) is 79.2 Å². The van der Waals surface area contributed by atoms with Crippen LogP contribution in [0.15, 0.2) is 0 Å². The van der Waals surface area contributed by atoms with Crippen molar-refractivity contribution in [2.75, 3.05) is 19.8 Å². The molecular weight excluding hydrogens is 363 g/mol. The molecule has 3 atom stereocenters. The lowest BCUT2D eigenvalue weighted by Crippen LogP contribution is -2.57. The Morgan fingerprint density at radius 3 is 2.38 bits per heavy atom. The van der Waals surface area contributed by atoms with Gasteiger partial charge in [-0.15, -0.1) is 0 Å². The van der Waals surface area contributed by atoms with Gasteiger partial charge in [-0.1, -0.05) is 20.8 Å². The highest BCUT2D eigenvalue weighted by Gasteiger charge is 2.60. The van der Waals surface area contributed by atoms with Crippen LogP contribution in [0.5, 0.6) is 0 Å². The summed E-state index contributed by atoms with van der Waals surface area (Å²) in [5, 5.41) is 21.6. The number of halogens is 1. The average molecular weight is 393 g/mol. The molecule has 3 N–H and O–H groups in total. The van der Waals surface area contributed by atoms with Crippen molar-refractivity contribution in [3.05, 3.63) is 0 Å². The van der Waals surface area contributed by atoms with E-state index in [4.69, 9.17) is 9.16 Å². The zero-order valence-electron chi connectivity index (χ0n) is 15.9. The third kappa shape index (κ3) is 3.65. The predicted octanol–water partition coefficient (Wildman–Crippen LogP) is 0.737. The second-order valence-electron chi connectivity index (χ2n) is 8.43. The standard InChI is InChI=1S/C16H29FN2O6Si/c1-15(2,3)26(4,5)25-12-11(17)13(24-16(12,8-20)9-21)19-7-6-10(22)18-14(19)23/h11-13,20-21H,6-9H2,1-5H3,(H,18,22,23)/t11-,12+,13-/m1/s1. The minimum absolute atomic E-state index is 0.00446. The number of nitrogens with one attached hydrogen (secondary N) is 1. The third-order valence-corrected chi connectivity index (χ3v) is 10.0. The minimum atomic E-state index is -2.46. The molecule has 0 bridgehead atoms. The molecule has 2 rings (SSSR count). The number of rotatable bonds is 5. The molecule has 3 amide bonds. The van der Waals surface area contributed by atoms with Gasteiger partial charge in [-0.2, -0.15) is 0 Å². The van der Waals surface area contributed by atoms with Gasteiger partial charge in [-0.05, 0) is 18.1 Å². The largest absolute Gasteiger partial charge is 0.408 e. The number of ether oxygens (including phenoxy) is 1. The number of imide groups is 1. The van der Waals surface area contributed by atoms with Gasteiger partial charge in [0.15, 0.2) is 20.7 Å². The van der Waals surface area contributed by atoms with Gasteiger partial charge in [0.05, 0.1) is 13.2 Å². The molecule has 0 aromatic carbocycles. The molecule has 0 saturated carbocycles. The van der Waals surface area contributed by atoms with Gasteiger partial charge >= 0.3 is 6.03 Å². The van der Waals surface area contributed by atoms with E-state index < -0.39 is 57.6 Å². The fourth-order valence-electron chi connectivity index (χ4n) is 2.84. The van der Waals surface area contributed by atoms with Crippen LogP contribution in [0, 0.1) is 0 Å². The fourth-order valence-corrected chi connectivity index (χ4v) is 4.17. The smallest absolute Gasteiger partial charge is 0.326 e. The van der Waals surface area contributed by atoms with Crippen LogP contribution in [-0.2, 0) is 14.0 Å². The van der Waals surface area contributed by atoms with Crippen molar-refractivity contribution in [2.24, 2.45) is 0 Å². The molecule has 2 fully saturated rings. The number of aliphatic hydroxyl groups is 2. The maximum atomic E-state index is 15.3. The first-order chi connectivity index (χ1) is 11.9. The lowest BCUT2D eigenvalue weighted by Gasteiger charge is -2.42. The fraction of sp³-hybridized carbons (Fsp3) is 0.875. The van der Waals surface area contributed by atoms with Crippen LogP contribution in [0.1, 0.15) is 27.2 Å². The Hall–Kier alpha value is -1.07. The Morgan fingerprint density at radius 2 is 1.92 bits per heavy atom. The third-order valence-electron chi connectivity index (χ3n) is 5.59. The van der Waals surface area contributed by atoms with Crippen molar-refractivity contribution in [3.63, 3.8) is 0 Å². The number of alkyl halides is 1. The lowest BCUT2D eigenvalue weighted by atomic mass is 9.97. The van der Waals surface area contributed by atoms with Gasteiger partial charge in [0.25, 0.3) is 0 Å². The zero-order chi connectivity index (χ0) is 19.9. The molecule has 0 aromatic heterocycles. The van der Waals surface area contributed by atoms with E-state index in [0.29, 0.717) is 0 Å². The summed E-state index contributed by atoms with van der Waals surface area (Å²) in [6, 6.07) is -0.758. The van der Waals surface area contributed by atoms with Crippen molar-refractivity contribution in [1.82, 2.24) is 10.2 Å². The molecule has 2 aliphatic heterocycles. The zero-order valence-corrected chi connectivity index (χ0v) is 16.9. The van der Waals surface area contributed by atoms with Gasteiger partial charge < -0.3 is 19.4 Å². The average Bonchev–Trinajstić information content (AvgIpc) is 2.80. The molecule has 2 saturated heterocycles. The van der Waals surface area contributed by atoms with Crippen molar-refractivity contribution in [1.29, 1.82) is 0 Å². The minimum Gasteiger partial charge on any atom is -0.408 e. The summed E-state index contributed by atoms with van der Waals surface area (Å²) in [6.45, 7) is 8.50. The van der Waals surface area contributed by atoms with Crippen LogP contribution in [0.2, 0.25) is 18.1 Å². The van der Waals surface area contributed by atoms with E-state index in [1.54, 1.807) is 0 Å². The SMILES string of the molecule is CC(C)(C)[Si](C)(C)O[C@H]1[C@@H](F)[C@H](N2CCC(=O)NC2=O)OC1(CO)CO. The van der Waals surface area contributed by atoms with E-state index in [0.717, 1.165) is 4.90 Å². The number of carbonyl (C=O) groups is 2. The van der Waals surface area contributed by atoms with Crippen LogP contribution < -0.4 is 5.32 Å². The number of nitrogens with zero attached hydrogens (tertiary/aromatic N) is 1. The van der Waals surface area contributed by atoms with Crippen molar-refractivity contribution >= 4 is 20.3 Å². The number of hydrogen-bond acceptors (Lipinski definition) is 6. The van der Waals surface area contributed by atoms with E-state index in [1.807, 2.05) is 33.9 Å². The molecule has 0 radical (unpaired) electrons. The van der Waals surface area contributed by atoms with Crippen molar-refractivity contribution in [2.45, 2.75) is 69.4 Å². The first kappa shape index (κ1) is 21.2. The topological polar surface area (TPSA) is 108 Å². The van der Waals surface area contributed by atoms with Gasteiger partial charge in [-0.3, -0.25) is 15.0 Å². The maximum absolute atomic E-state index is 15.3. The summed E-state index contributed by atoms with van der Waals surface area (Å²) < 4.78 is 27.1. The van der Waals surface area contributed by atoms with Gasteiger partial charge in [0.1, 0.15) is 11.7 Å². The van der Waals surface area contributed by atoms with Crippen LogP contribution in [0.25, 0.3) is 0 Å². The van der Waals surface area contributed by atoms with Gasteiger partial charge in [0.2, 0.25) is 5.91 Å². The monoisotopic (exact) mass is 392 g/mol. The van der Waals surface area contributed by atoms with Crippen LogP contribution in [0.3, 0.4) is 0 Å². The summed E-state index contributed by atoms with van der Waals surface area (Å²) in [6.07, 6.45) is -4.33. The highest BCUT2D eigenvalue weighted by atomic mass is 28.4. The number of amides is 3. The molecule has 2 heterocycles. The summed E-state index contributed by atoms with van der Waals surface area (Å²) >= 11 is 0. The van der Waals surface area contributed by atoms with E-state index in [9.17, 15) is 19.8 Å². The Bertz CT molecular complexity index is 563. The van der Waals surface area contributed by atoms with Crippen molar-refractivity contribution < 1.29 is 33.4 Å². The molecule has 2 aliphatic rings. The molecule has 26 heavy (non-hydrogen) atoms. The molecule has 0 spiro atoms. The Kier molecular flexibility index (Phi) is 5.84. The Labute approximate surface area is 153 Å². The molecule has 0 aliphatic carbocycles. The maximum Gasteiger partial charge on any atom is 0.326 e. The van der Waals surface area contributed by atoms with E-state index >= 15 is 4.39 Å². The number of hydrogen-bond donors (Lipinski definition) is 3. The van der Waals surface area contributed by atoms with Crippen LogP contribution in [0.4, 0.5) is 9.18 Å². The molecule has 0 unspecified atom stereocenters. The summed E-state index contributed by atoms with van der Waals surface area (Å²) in [5.41, 5.74) is -1.67. The van der Waals surface area contributed by atoms with Crippen LogP contribution >= 0.6 is 0 Å². The van der Waals surface area contributed by atoms with E-state index in [2.05, 4.69) is 5.32 Å². The summed E-state index contributed by atoms with van der Waals surface area (Å²) in [4.78, 5) is 24.5. The van der Waals surface area contributed by atoms with Crippen molar-refractivity contribution in [3.8, 4) is 0 Å². The molecule has 0 aromatic rings. The molecule has 10 heteroatoms. The number of urea groups is 1. The first-order valence-corrected chi connectivity index (χ1v) is 11.6. The summed E-state index contributed by atoms with van der Waals surface area (Å²) in [5.74, 6) is -0.440. The summed E-state index contributed by atoms with van der Waals surface area (Å²) in [7, 11) is -2.46. The van der Waals surface area contributed by atoms with E-state index in [1.165, 1.54) is 0 Å². The normalized spacial score (nSPS) is 29.8. The molecular formula is C16H29FN2O6Si. The second-order valence-corrected chi connectivity index (χ2v) is 13.2. The number of carbonyl (C=O) groups excluding carboxylic acids is 2. The first-order valence-electron chi connectivity index (χ1n) is 8.70. The Balaban J connectivity index is 2.31. The van der Waals surface area contributed by atoms with Gasteiger partial charge in [0, 0.05) is 13.0 Å². The lowest BCUT2D eigenvalue weighted by molar-refractivity contribution is -0.157. The van der Waals surface area contributed by atoms with Gasteiger partial charge in [-0.25, -0.2) is 9.18 Å². The second kappa shape index (κ2) is 7.15. The van der Waals surface area contributed by atoms with E-state index in [-0.39, 0.29) is 18.0 Å². The number of aliphatic hydroxyl groups excluding tert-OH is 2. The Morgan fingerprint density at radius 1 is 1.35 bits per heavy atom. The highest BCUT2D eigenvalue weighted by Crippen LogP contribution is 2.43. The quantitative estimate of drug-likeness (QED) is 0.596. The molecule has 8 nitrogen and oxygen atoms in total. The highest BCUT2D eigenvalue weighted by molar-refractivity contribution is 6.74. The molecule has 150 valence electrons.